The number of benzene rings is 1. The van der Waals surface area contributed by atoms with Crippen LogP contribution in [0, 0.1) is 0 Å². The molecule has 0 unspecified atom stereocenters. The first-order valence-electron chi connectivity index (χ1n) is 16.3. The van der Waals surface area contributed by atoms with E-state index in [1.54, 1.807) is 16.3 Å². The molecule has 0 saturated carbocycles. The quantitative estimate of drug-likeness (QED) is 0.283. The van der Waals surface area contributed by atoms with Gasteiger partial charge in [-0.25, -0.2) is 0 Å². The van der Waals surface area contributed by atoms with E-state index in [2.05, 4.69) is 106 Å². The first-order valence-corrected chi connectivity index (χ1v) is 17.9. The van der Waals surface area contributed by atoms with Gasteiger partial charge in [0.2, 0.25) is 0 Å². The fourth-order valence-electron chi connectivity index (χ4n) is 9.38. The van der Waals surface area contributed by atoms with Gasteiger partial charge in [0, 0.05) is 0 Å². The lowest BCUT2D eigenvalue weighted by atomic mass is 9.70. The van der Waals surface area contributed by atoms with E-state index in [1.165, 1.54) is 64.2 Å². The fraction of sp³-hybridized carbons (Fsp3) is 0.703. The Morgan fingerprint density at radius 1 is 0.605 bits per heavy atom. The Morgan fingerprint density at radius 2 is 1.00 bits per heavy atom. The average Bonchev–Trinajstić information content (AvgIpc) is 3.40. The predicted molar refractivity (Wildman–Crippen MR) is 171 cm³/mol. The fourth-order valence-corrected chi connectivity index (χ4v) is 12.7. The van der Waals surface area contributed by atoms with Crippen LogP contribution < -0.4 is 0 Å². The summed E-state index contributed by atoms with van der Waals surface area (Å²) in [5.74, 6) is 0. The Balaban J connectivity index is 2.34. The number of hydrogen-bond donors (Lipinski definition) is 0. The highest BCUT2D eigenvalue weighted by molar-refractivity contribution is 6.67. The van der Waals surface area contributed by atoms with Gasteiger partial charge in [0.1, 0.15) is 0 Å². The SMILES string of the molecule is CCC1(CC)CC(CC)(CC)c2c1cc1c(c2-[si]2ccccc2C(C)(C)C)C(CC)(CC)CC1(CC)CC. The summed E-state index contributed by atoms with van der Waals surface area (Å²) in [5.41, 5.74) is 11.4. The summed E-state index contributed by atoms with van der Waals surface area (Å²) in [4.78, 5) is 0. The predicted octanol–water partition coefficient (Wildman–Crippen LogP) is 11.0. The maximum atomic E-state index is 2.86. The number of rotatable bonds is 9. The second kappa shape index (κ2) is 10.3. The Labute approximate surface area is 238 Å². The monoisotopic (exact) mass is 530 g/mol. The summed E-state index contributed by atoms with van der Waals surface area (Å²) < 4.78 is 0. The lowest BCUT2D eigenvalue weighted by Crippen LogP contribution is -2.31. The molecule has 1 heteroatoms. The van der Waals surface area contributed by atoms with Gasteiger partial charge in [-0.3, -0.25) is 0 Å². The molecule has 2 aliphatic carbocycles. The van der Waals surface area contributed by atoms with Gasteiger partial charge in [0.05, 0.1) is 8.40 Å². The molecule has 0 nitrogen and oxygen atoms in total. The van der Waals surface area contributed by atoms with Gasteiger partial charge in [-0.2, -0.15) is 0 Å². The molecule has 4 rings (SSSR count). The first-order chi connectivity index (χ1) is 18.0. The highest BCUT2D eigenvalue weighted by atomic mass is 28.2. The van der Waals surface area contributed by atoms with Crippen molar-refractivity contribution in [2.75, 3.05) is 0 Å². The average molecular weight is 531 g/mol. The highest BCUT2D eigenvalue weighted by Gasteiger charge is 2.56. The minimum atomic E-state index is -1.03. The molecule has 0 fully saturated rings. The van der Waals surface area contributed by atoms with E-state index < -0.39 is 8.40 Å². The second-order valence-corrected chi connectivity index (χ2v) is 16.4. The first kappa shape index (κ1) is 29.8. The van der Waals surface area contributed by atoms with Crippen molar-refractivity contribution in [2.45, 2.75) is 167 Å². The molecule has 0 N–H and O–H groups in total. The molecule has 0 bridgehead atoms. The van der Waals surface area contributed by atoms with E-state index in [9.17, 15) is 0 Å². The minimum absolute atomic E-state index is 0.184. The number of fused-ring (bicyclic) bond motifs is 2. The molecule has 0 atom stereocenters. The largest absolute Gasteiger partial charge is 0.0771 e. The molecule has 2 aromatic rings. The van der Waals surface area contributed by atoms with Crippen LogP contribution in [0.3, 0.4) is 0 Å². The van der Waals surface area contributed by atoms with Crippen LogP contribution in [0.1, 0.15) is 168 Å². The molecule has 38 heavy (non-hydrogen) atoms. The van der Waals surface area contributed by atoms with E-state index in [1.807, 2.05) is 16.3 Å². The van der Waals surface area contributed by atoms with E-state index in [-0.39, 0.29) is 5.41 Å². The van der Waals surface area contributed by atoms with Gasteiger partial charge in [0.15, 0.2) is 0 Å². The van der Waals surface area contributed by atoms with Gasteiger partial charge in [0.25, 0.3) is 0 Å². The molecular weight excluding hydrogens is 472 g/mol. The van der Waals surface area contributed by atoms with Crippen LogP contribution in [0.2, 0.25) is 0 Å². The van der Waals surface area contributed by atoms with Gasteiger partial charge in [-0.15, -0.1) is 0 Å². The highest BCUT2D eigenvalue weighted by Crippen LogP contribution is 2.65. The lowest BCUT2D eigenvalue weighted by Gasteiger charge is -2.37. The Morgan fingerprint density at radius 3 is 1.34 bits per heavy atom. The van der Waals surface area contributed by atoms with Crippen molar-refractivity contribution in [2.24, 2.45) is 0 Å². The van der Waals surface area contributed by atoms with Crippen LogP contribution in [0.15, 0.2) is 29.9 Å². The topological polar surface area (TPSA) is 0 Å². The van der Waals surface area contributed by atoms with Gasteiger partial charge < -0.3 is 0 Å². The van der Waals surface area contributed by atoms with Crippen molar-refractivity contribution in [3.8, 4) is 5.19 Å². The summed E-state index contributed by atoms with van der Waals surface area (Å²) in [6.45, 7) is 27.4. The van der Waals surface area contributed by atoms with Gasteiger partial charge >= 0.3 is 0 Å². The van der Waals surface area contributed by atoms with E-state index in [0.717, 1.165) is 0 Å². The normalized spacial score (nSPS) is 20.4. The Hall–Kier alpha value is -1.21. The molecular formula is C37H58Si. The van der Waals surface area contributed by atoms with Crippen molar-refractivity contribution < 1.29 is 0 Å². The molecule has 0 amide bonds. The van der Waals surface area contributed by atoms with Gasteiger partial charge in [-0.1, -0.05) is 111 Å². The molecule has 2 aliphatic rings. The third kappa shape index (κ3) is 3.99. The van der Waals surface area contributed by atoms with E-state index in [4.69, 9.17) is 0 Å². The van der Waals surface area contributed by atoms with Crippen LogP contribution in [0.4, 0.5) is 0 Å². The van der Waals surface area contributed by atoms with Crippen LogP contribution in [-0.2, 0) is 27.1 Å². The Kier molecular flexibility index (Phi) is 8.08. The van der Waals surface area contributed by atoms with Crippen molar-refractivity contribution >= 4 is 8.40 Å². The van der Waals surface area contributed by atoms with Crippen molar-refractivity contribution in [1.29, 1.82) is 0 Å². The summed E-state index contributed by atoms with van der Waals surface area (Å²) in [5, 5.41) is 3.58. The molecule has 1 aromatic heterocycles. The molecule has 1 heterocycles. The maximum absolute atomic E-state index is 2.86. The van der Waals surface area contributed by atoms with Crippen LogP contribution in [0.25, 0.3) is 5.19 Å². The van der Waals surface area contributed by atoms with E-state index >= 15 is 0 Å². The van der Waals surface area contributed by atoms with Crippen molar-refractivity contribution in [3.05, 3.63) is 57.4 Å². The third-order valence-corrected chi connectivity index (χ3v) is 15.4. The summed E-state index contributed by atoms with van der Waals surface area (Å²) in [7, 11) is -1.03. The molecule has 0 spiro atoms. The van der Waals surface area contributed by atoms with Crippen molar-refractivity contribution in [3.63, 3.8) is 0 Å². The molecule has 1 aromatic carbocycles. The zero-order chi connectivity index (χ0) is 28.1. The zero-order valence-electron chi connectivity index (χ0n) is 27.0. The zero-order valence-corrected chi connectivity index (χ0v) is 28.0. The maximum Gasteiger partial charge on any atom is 0.0771 e. The van der Waals surface area contributed by atoms with Crippen LogP contribution >= 0.6 is 0 Å². The number of hydrogen-bond acceptors (Lipinski definition) is 0. The molecule has 0 saturated heterocycles. The third-order valence-electron chi connectivity index (χ3n) is 12.3. The summed E-state index contributed by atoms with van der Waals surface area (Å²) >= 11 is 0. The van der Waals surface area contributed by atoms with E-state index in [0.29, 0.717) is 21.7 Å². The van der Waals surface area contributed by atoms with Crippen LogP contribution in [-0.4, -0.2) is 8.40 Å². The van der Waals surface area contributed by atoms with Crippen molar-refractivity contribution in [1.82, 2.24) is 0 Å². The smallest absolute Gasteiger partial charge is 0.0734 e. The lowest BCUT2D eigenvalue weighted by molar-refractivity contribution is 0.278. The Bertz CT molecular complexity index is 1080. The summed E-state index contributed by atoms with van der Waals surface area (Å²) in [6.07, 6.45) is 12.8. The molecule has 0 aliphatic heterocycles. The van der Waals surface area contributed by atoms with Crippen LogP contribution in [0.5, 0.6) is 0 Å². The molecule has 0 radical (unpaired) electrons. The van der Waals surface area contributed by atoms with Gasteiger partial charge in [-0.05, 0) is 119 Å². The minimum Gasteiger partial charge on any atom is -0.0734 e. The standard InChI is InChI=1S/C37H58Si/c1-12-34(13-2)25-36(16-5,17-6)30-27(34)24-28-31(37(18-7,19-8)26-35(28,14-3)15-4)32(30)38-23-21-20-22-29(38)33(9,10)11/h20-24H,12-19,25-26H2,1-11H3. The second-order valence-electron chi connectivity index (χ2n) is 14.2. The molecule has 210 valence electrons. The summed E-state index contributed by atoms with van der Waals surface area (Å²) in [6, 6.07) is 10.1.